The second kappa shape index (κ2) is 6.86. The predicted octanol–water partition coefficient (Wildman–Crippen LogP) is -0.208. The molecule has 0 heterocycles. The maximum Gasteiger partial charge on any atom is 0.223 e. The highest BCUT2D eigenvalue weighted by Gasteiger charge is 2.09. The molecule has 3 N–H and O–H groups in total. The quantitative estimate of drug-likeness (QED) is 0.566. The van der Waals surface area contributed by atoms with E-state index in [1.54, 1.807) is 4.90 Å². The van der Waals surface area contributed by atoms with Gasteiger partial charge >= 0.3 is 0 Å². The van der Waals surface area contributed by atoms with Gasteiger partial charge < -0.3 is 16.0 Å². The summed E-state index contributed by atoms with van der Waals surface area (Å²) in [4.78, 5) is 13.1. The molecule has 4 nitrogen and oxygen atoms in total. The molecule has 0 aromatic rings. The Morgan fingerprint density at radius 2 is 2.23 bits per heavy atom. The zero-order valence-electron chi connectivity index (χ0n) is 8.84. The van der Waals surface area contributed by atoms with E-state index in [1.165, 1.54) is 0 Å². The summed E-state index contributed by atoms with van der Waals surface area (Å²) < 4.78 is 0. The number of nitrogens with one attached hydrogen (secondary N) is 1. The van der Waals surface area contributed by atoms with E-state index < -0.39 is 0 Å². The third kappa shape index (κ3) is 6.54. The summed E-state index contributed by atoms with van der Waals surface area (Å²) in [6.45, 7) is 3.58. The third-order valence-electron chi connectivity index (χ3n) is 1.84. The molecule has 0 spiro atoms. The van der Waals surface area contributed by atoms with E-state index in [9.17, 15) is 4.79 Å². The van der Waals surface area contributed by atoms with Gasteiger partial charge in [0.25, 0.3) is 0 Å². The molecule has 0 rings (SSSR count). The summed E-state index contributed by atoms with van der Waals surface area (Å²) in [6, 6.07) is -0.0424. The number of carbonyl (C=O) groups is 1. The highest BCUT2D eigenvalue weighted by molar-refractivity contribution is 5.76. The molecular formula is C9H21N3O. The predicted molar refractivity (Wildman–Crippen MR) is 54.4 cm³/mol. The van der Waals surface area contributed by atoms with Gasteiger partial charge in [-0.05, 0) is 26.9 Å². The lowest BCUT2D eigenvalue weighted by Crippen LogP contribution is -2.33. The van der Waals surface area contributed by atoms with Crippen LogP contribution in [0.5, 0.6) is 0 Å². The fourth-order valence-electron chi connectivity index (χ4n) is 1.05. The minimum absolute atomic E-state index is 0.0424. The molecule has 4 heteroatoms. The molecule has 78 valence electrons. The molecule has 1 unspecified atom stereocenters. The number of amides is 1. The van der Waals surface area contributed by atoms with Crippen molar-refractivity contribution in [2.24, 2.45) is 5.73 Å². The maximum atomic E-state index is 11.4. The third-order valence-corrected chi connectivity index (χ3v) is 1.84. The Morgan fingerprint density at radius 1 is 1.62 bits per heavy atom. The summed E-state index contributed by atoms with van der Waals surface area (Å²) in [7, 11) is 3.73. The number of hydrogen-bond acceptors (Lipinski definition) is 3. The van der Waals surface area contributed by atoms with E-state index in [4.69, 9.17) is 5.73 Å². The average Bonchev–Trinajstić information content (AvgIpc) is 2.03. The highest BCUT2D eigenvalue weighted by atomic mass is 16.2. The van der Waals surface area contributed by atoms with Crippen LogP contribution in [-0.2, 0) is 4.79 Å². The Kier molecular flexibility index (Phi) is 6.54. The van der Waals surface area contributed by atoms with Gasteiger partial charge in [-0.25, -0.2) is 0 Å². The first-order valence-electron chi connectivity index (χ1n) is 4.72. The number of rotatable bonds is 6. The lowest BCUT2D eigenvalue weighted by atomic mass is 10.2. The molecule has 1 amide bonds. The van der Waals surface area contributed by atoms with E-state index in [0.29, 0.717) is 6.42 Å². The molecule has 0 aromatic carbocycles. The lowest BCUT2D eigenvalue weighted by molar-refractivity contribution is -0.130. The average molecular weight is 187 g/mol. The summed E-state index contributed by atoms with van der Waals surface area (Å²) in [5, 5.41) is 3.04. The second-order valence-corrected chi connectivity index (χ2v) is 3.45. The van der Waals surface area contributed by atoms with Gasteiger partial charge in [-0.1, -0.05) is 0 Å². The Morgan fingerprint density at radius 3 is 2.69 bits per heavy atom. The van der Waals surface area contributed by atoms with Gasteiger partial charge in [0.2, 0.25) is 5.91 Å². The molecule has 0 aliphatic rings. The smallest absolute Gasteiger partial charge is 0.223 e. The van der Waals surface area contributed by atoms with Crippen LogP contribution < -0.4 is 11.1 Å². The van der Waals surface area contributed by atoms with Crippen LogP contribution in [0.4, 0.5) is 0 Å². The Labute approximate surface area is 80.5 Å². The molecular weight excluding hydrogens is 166 g/mol. The molecule has 0 saturated heterocycles. The van der Waals surface area contributed by atoms with E-state index in [2.05, 4.69) is 5.32 Å². The monoisotopic (exact) mass is 187 g/mol. The molecule has 1 atom stereocenters. The van der Waals surface area contributed by atoms with Gasteiger partial charge in [-0.2, -0.15) is 0 Å². The number of carbonyl (C=O) groups excluding carboxylic acids is 1. The Hall–Kier alpha value is -0.610. The molecule has 0 aliphatic heterocycles. The van der Waals surface area contributed by atoms with Crippen LogP contribution in [0.15, 0.2) is 0 Å². The first-order chi connectivity index (χ1) is 6.07. The summed E-state index contributed by atoms with van der Waals surface area (Å²) in [5.41, 5.74) is 5.53. The topological polar surface area (TPSA) is 58.4 Å². The van der Waals surface area contributed by atoms with Crippen molar-refractivity contribution in [1.29, 1.82) is 0 Å². The van der Waals surface area contributed by atoms with Crippen LogP contribution in [-0.4, -0.2) is 44.0 Å². The molecule has 0 aromatic heterocycles. The zero-order valence-corrected chi connectivity index (χ0v) is 8.84. The van der Waals surface area contributed by atoms with Crippen molar-refractivity contribution in [1.82, 2.24) is 10.2 Å². The van der Waals surface area contributed by atoms with Crippen molar-refractivity contribution in [2.45, 2.75) is 25.8 Å². The fraction of sp³-hybridized carbons (Fsp3) is 0.889. The van der Waals surface area contributed by atoms with Crippen molar-refractivity contribution in [3.05, 3.63) is 0 Å². The molecule has 13 heavy (non-hydrogen) atoms. The number of nitrogens with zero attached hydrogens (tertiary/aromatic N) is 1. The molecule has 0 fully saturated rings. The molecule has 0 aliphatic carbocycles. The maximum absolute atomic E-state index is 11.4. The first-order valence-corrected chi connectivity index (χ1v) is 4.72. The van der Waals surface area contributed by atoms with Crippen LogP contribution in [0.3, 0.4) is 0 Å². The second-order valence-electron chi connectivity index (χ2n) is 3.45. The minimum atomic E-state index is -0.0424. The number of hydrogen-bond donors (Lipinski definition) is 2. The van der Waals surface area contributed by atoms with E-state index >= 15 is 0 Å². The zero-order chi connectivity index (χ0) is 10.3. The largest absolute Gasteiger partial charge is 0.346 e. The van der Waals surface area contributed by atoms with Crippen LogP contribution in [0, 0.1) is 0 Å². The Balaban J connectivity index is 3.57. The van der Waals surface area contributed by atoms with Gasteiger partial charge in [0.1, 0.15) is 0 Å². The van der Waals surface area contributed by atoms with Gasteiger partial charge in [-0.15, -0.1) is 0 Å². The van der Waals surface area contributed by atoms with Crippen LogP contribution in [0.1, 0.15) is 19.8 Å². The summed E-state index contributed by atoms with van der Waals surface area (Å²) in [6.07, 6.45) is 1.42. The van der Waals surface area contributed by atoms with E-state index in [-0.39, 0.29) is 11.9 Å². The standard InChI is InChI=1S/C9H21N3O/c1-8(10)7-9(13)12(3)6-4-5-11-2/h8,11H,4-7,10H2,1-3H3. The van der Waals surface area contributed by atoms with Crippen molar-refractivity contribution in [3.63, 3.8) is 0 Å². The highest BCUT2D eigenvalue weighted by Crippen LogP contribution is 1.95. The molecule has 0 saturated carbocycles. The van der Waals surface area contributed by atoms with Gasteiger partial charge in [0.05, 0.1) is 0 Å². The fourth-order valence-corrected chi connectivity index (χ4v) is 1.05. The van der Waals surface area contributed by atoms with E-state index in [0.717, 1.165) is 19.5 Å². The van der Waals surface area contributed by atoms with Crippen molar-refractivity contribution in [3.8, 4) is 0 Å². The van der Waals surface area contributed by atoms with Gasteiger partial charge in [0, 0.05) is 26.1 Å². The lowest BCUT2D eigenvalue weighted by Gasteiger charge is -2.17. The Bertz CT molecular complexity index is 148. The van der Waals surface area contributed by atoms with Crippen molar-refractivity contribution >= 4 is 5.91 Å². The number of nitrogens with two attached hydrogens (primary N) is 1. The van der Waals surface area contributed by atoms with Gasteiger partial charge in [-0.3, -0.25) is 4.79 Å². The molecule has 0 radical (unpaired) electrons. The summed E-state index contributed by atoms with van der Waals surface area (Å²) >= 11 is 0. The first kappa shape index (κ1) is 12.4. The van der Waals surface area contributed by atoms with Crippen molar-refractivity contribution < 1.29 is 4.79 Å². The minimum Gasteiger partial charge on any atom is -0.346 e. The van der Waals surface area contributed by atoms with Crippen LogP contribution in [0.25, 0.3) is 0 Å². The van der Waals surface area contributed by atoms with E-state index in [1.807, 2.05) is 21.0 Å². The van der Waals surface area contributed by atoms with Crippen LogP contribution >= 0.6 is 0 Å². The normalized spacial score (nSPS) is 12.6. The molecule has 0 bridgehead atoms. The van der Waals surface area contributed by atoms with Crippen LogP contribution in [0.2, 0.25) is 0 Å². The summed E-state index contributed by atoms with van der Waals surface area (Å²) in [5.74, 6) is 0.131. The SMILES string of the molecule is CNCCCN(C)C(=O)CC(C)N. The van der Waals surface area contributed by atoms with Gasteiger partial charge in [0.15, 0.2) is 0 Å². The van der Waals surface area contributed by atoms with Crippen molar-refractivity contribution in [2.75, 3.05) is 27.2 Å².